The summed E-state index contributed by atoms with van der Waals surface area (Å²) in [6.07, 6.45) is 0. The molecule has 0 saturated carbocycles. The minimum Gasteiger partial charge on any atom is -0.481 e. The second-order valence-electron chi connectivity index (χ2n) is 1.24. The maximum atomic E-state index is 10.0. The van der Waals surface area contributed by atoms with Gasteiger partial charge in [-0.3, -0.25) is 4.79 Å². The van der Waals surface area contributed by atoms with Crippen LogP contribution in [0, 0.1) is 0 Å². The molecule has 1 N–H and O–H groups in total. The zero-order valence-electron chi connectivity index (χ0n) is 4.43. The van der Waals surface area contributed by atoms with E-state index in [4.69, 9.17) is 10.6 Å². The lowest BCUT2D eigenvalue weighted by atomic mass is 10.4. The van der Waals surface area contributed by atoms with Crippen LogP contribution in [-0.4, -0.2) is 22.9 Å². The van der Waals surface area contributed by atoms with Gasteiger partial charge in [0.15, 0.2) is 0 Å². The van der Waals surface area contributed by atoms with Gasteiger partial charge >= 0.3 is 5.97 Å². The zero-order valence-corrected chi connectivity index (χ0v) is 5.32. The van der Waals surface area contributed by atoms with Crippen molar-refractivity contribution in [2.45, 2.75) is 6.04 Å². The van der Waals surface area contributed by atoms with Gasteiger partial charge in [-0.2, -0.15) is 12.6 Å². The number of thiol groups is 1. The summed E-state index contributed by atoms with van der Waals surface area (Å²) in [5.41, 5.74) is 7.78. The summed E-state index contributed by atoms with van der Waals surface area (Å²) in [6.45, 7) is 0. The van der Waals surface area contributed by atoms with Crippen molar-refractivity contribution >= 4 is 18.6 Å². The van der Waals surface area contributed by atoms with E-state index in [0.29, 0.717) is 0 Å². The molecule has 0 spiro atoms. The highest BCUT2D eigenvalue weighted by Crippen LogP contribution is 1.93. The molecule has 0 saturated heterocycles. The van der Waals surface area contributed by atoms with E-state index in [2.05, 4.69) is 22.7 Å². The summed E-state index contributed by atoms with van der Waals surface area (Å²) in [7, 11) is 0. The highest BCUT2D eigenvalue weighted by molar-refractivity contribution is 7.80. The Morgan fingerprint density at radius 1 is 2.00 bits per heavy atom. The first-order valence-electron chi connectivity index (χ1n) is 2.10. The van der Waals surface area contributed by atoms with E-state index in [9.17, 15) is 4.79 Å². The summed E-state index contributed by atoms with van der Waals surface area (Å²) >= 11 is 3.64. The van der Waals surface area contributed by atoms with Gasteiger partial charge in [0.25, 0.3) is 0 Å². The van der Waals surface area contributed by atoms with Crippen LogP contribution in [-0.2, 0) is 4.79 Å². The molecule has 0 aliphatic carbocycles. The van der Waals surface area contributed by atoms with Gasteiger partial charge in [0.1, 0.15) is 6.04 Å². The van der Waals surface area contributed by atoms with E-state index >= 15 is 0 Å². The van der Waals surface area contributed by atoms with E-state index in [1.54, 1.807) is 0 Å². The number of carbonyl (C=O) groups is 1. The van der Waals surface area contributed by atoms with E-state index in [0.717, 1.165) is 0 Å². The predicted octanol–water partition coefficient (Wildman–Crippen LogP) is 0.680. The first-order chi connectivity index (χ1) is 4.22. The average molecular weight is 147 g/mol. The van der Waals surface area contributed by atoms with Crippen LogP contribution in [0.5, 0.6) is 0 Å². The van der Waals surface area contributed by atoms with Gasteiger partial charge in [0.05, 0.1) is 0 Å². The Morgan fingerprint density at radius 2 is 2.56 bits per heavy atom. The van der Waals surface area contributed by atoms with Crippen molar-refractivity contribution in [3.05, 3.63) is 10.4 Å². The molecule has 0 amide bonds. The number of carboxylic acids is 1. The Morgan fingerprint density at radius 3 is 2.67 bits per heavy atom. The predicted molar refractivity (Wildman–Crippen MR) is 34.4 cm³/mol. The standard InChI is InChI=1S/C3H5N3O2S/c4-6-5-2(1-9)3(7)8/h2,9H,1H2,(H,7,8). The van der Waals surface area contributed by atoms with Crippen molar-refractivity contribution in [2.24, 2.45) is 5.11 Å². The lowest BCUT2D eigenvalue weighted by molar-refractivity contribution is -0.137. The van der Waals surface area contributed by atoms with Gasteiger partial charge in [-0.1, -0.05) is 5.11 Å². The quantitative estimate of drug-likeness (QED) is 0.266. The van der Waals surface area contributed by atoms with Crippen LogP contribution in [0.4, 0.5) is 0 Å². The molecule has 0 aromatic rings. The molecule has 0 aliphatic heterocycles. The number of rotatable bonds is 3. The molecule has 1 unspecified atom stereocenters. The molecular formula is C3H5N3O2S. The summed E-state index contributed by atoms with van der Waals surface area (Å²) < 4.78 is 0. The summed E-state index contributed by atoms with van der Waals surface area (Å²) in [5, 5.41) is 11.1. The number of aliphatic carboxylic acids is 1. The Kier molecular flexibility index (Phi) is 3.66. The molecule has 0 aromatic carbocycles. The minimum atomic E-state index is -1.15. The molecule has 50 valence electrons. The van der Waals surface area contributed by atoms with Crippen molar-refractivity contribution < 1.29 is 9.90 Å². The normalized spacial score (nSPS) is 11.7. The second-order valence-corrected chi connectivity index (χ2v) is 1.61. The van der Waals surface area contributed by atoms with E-state index in [-0.39, 0.29) is 5.75 Å². The SMILES string of the molecule is [N-]=[N+]=NC(CS)C(=O)O. The van der Waals surface area contributed by atoms with Gasteiger partial charge in [0, 0.05) is 10.7 Å². The van der Waals surface area contributed by atoms with Crippen LogP contribution in [0.1, 0.15) is 0 Å². The highest BCUT2D eigenvalue weighted by atomic mass is 32.1. The molecule has 0 fully saturated rings. The molecule has 1 atom stereocenters. The largest absolute Gasteiger partial charge is 0.481 e. The van der Waals surface area contributed by atoms with Crippen LogP contribution < -0.4 is 0 Å². The molecule has 5 nitrogen and oxygen atoms in total. The van der Waals surface area contributed by atoms with Crippen LogP contribution >= 0.6 is 12.6 Å². The fraction of sp³-hybridized carbons (Fsp3) is 0.667. The highest BCUT2D eigenvalue weighted by Gasteiger charge is 2.11. The maximum Gasteiger partial charge on any atom is 0.313 e. The topological polar surface area (TPSA) is 86.1 Å². The molecule has 0 aliphatic rings. The zero-order chi connectivity index (χ0) is 7.28. The van der Waals surface area contributed by atoms with Crippen LogP contribution in [0.2, 0.25) is 0 Å². The van der Waals surface area contributed by atoms with E-state index in [1.165, 1.54) is 0 Å². The van der Waals surface area contributed by atoms with Crippen molar-refractivity contribution in [3.63, 3.8) is 0 Å². The number of hydrogen-bond donors (Lipinski definition) is 2. The third kappa shape index (κ3) is 2.84. The third-order valence-corrected chi connectivity index (χ3v) is 0.995. The summed E-state index contributed by atoms with van der Waals surface area (Å²) in [4.78, 5) is 12.3. The lowest BCUT2D eigenvalue weighted by Crippen LogP contribution is -2.18. The lowest BCUT2D eigenvalue weighted by Gasteiger charge is -1.96. The Balaban J connectivity index is 3.98. The number of hydrogen-bond acceptors (Lipinski definition) is 3. The molecule has 0 aromatic heterocycles. The fourth-order valence-electron chi connectivity index (χ4n) is 0.226. The molecular weight excluding hydrogens is 142 g/mol. The van der Waals surface area contributed by atoms with Crippen molar-refractivity contribution in [2.75, 3.05) is 5.75 Å². The molecule has 0 radical (unpaired) electrons. The first kappa shape index (κ1) is 8.13. The second kappa shape index (κ2) is 4.05. The molecule has 0 rings (SSSR count). The molecule has 6 heteroatoms. The fourth-order valence-corrected chi connectivity index (χ4v) is 0.456. The van der Waals surface area contributed by atoms with Gasteiger partial charge in [-0.25, -0.2) is 0 Å². The van der Waals surface area contributed by atoms with E-state index in [1.807, 2.05) is 0 Å². The van der Waals surface area contributed by atoms with Crippen molar-refractivity contribution in [1.82, 2.24) is 0 Å². The van der Waals surface area contributed by atoms with Crippen molar-refractivity contribution in [1.29, 1.82) is 0 Å². The molecule has 0 bridgehead atoms. The number of nitrogens with zero attached hydrogens (tertiary/aromatic N) is 3. The minimum absolute atomic E-state index is 0.0272. The van der Waals surface area contributed by atoms with E-state index < -0.39 is 12.0 Å². The average Bonchev–Trinajstić information content (AvgIpc) is 1.82. The third-order valence-electron chi connectivity index (χ3n) is 0.649. The van der Waals surface area contributed by atoms with Gasteiger partial charge < -0.3 is 5.11 Å². The van der Waals surface area contributed by atoms with Crippen molar-refractivity contribution in [3.8, 4) is 0 Å². The number of azide groups is 1. The van der Waals surface area contributed by atoms with Gasteiger partial charge in [-0.05, 0) is 5.53 Å². The Labute approximate surface area is 56.7 Å². The molecule has 9 heavy (non-hydrogen) atoms. The van der Waals surface area contributed by atoms with Crippen LogP contribution in [0.3, 0.4) is 0 Å². The Bertz CT molecular complexity index is 151. The molecule has 0 heterocycles. The van der Waals surface area contributed by atoms with Crippen LogP contribution in [0.25, 0.3) is 10.4 Å². The Hall–Kier alpha value is -0.870. The van der Waals surface area contributed by atoms with Crippen LogP contribution in [0.15, 0.2) is 5.11 Å². The van der Waals surface area contributed by atoms with Gasteiger partial charge in [-0.15, -0.1) is 0 Å². The number of carboxylic acid groups (broad SMARTS) is 1. The maximum absolute atomic E-state index is 10.0. The summed E-state index contributed by atoms with van der Waals surface area (Å²) in [6, 6.07) is -1.04. The monoisotopic (exact) mass is 147 g/mol. The summed E-state index contributed by atoms with van der Waals surface area (Å²) in [5.74, 6) is -1.12. The smallest absolute Gasteiger partial charge is 0.313 e. The van der Waals surface area contributed by atoms with Gasteiger partial charge in [0.2, 0.25) is 0 Å². The first-order valence-corrected chi connectivity index (χ1v) is 2.73.